The highest BCUT2D eigenvalue weighted by Crippen LogP contribution is 2.29. The fourth-order valence-electron chi connectivity index (χ4n) is 1.50. The Hall–Kier alpha value is -1.46. The molecule has 0 aliphatic carbocycles. The van der Waals surface area contributed by atoms with E-state index in [-0.39, 0.29) is 24.4 Å². The Kier molecular flexibility index (Phi) is 7.95. The molecule has 6 heteroatoms. The third-order valence-electron chi connectivity index (χ3n) is 2.49. The van der Waals surface area contributed by atoms with E-state index in [1.165, 1.54) is 0 Å². The summed E-state index contributed by atoms with van der Waals surface area (Å²) in [5.74, 6) is 1.16. The summed E-state index contributed by atoms with van der Waals surface area (Å²) < 4.78 is 10.3. The van der Waals surface area contributed by atoms with E-state index < -0.39 is 0 Å². The Morgan fingerprint density at radius 3 is 2.47 bits per heavy atom. The highest BCUT2D eigenvalue weighted by atomic mass is 35.5. The molecular formula is C13H21ClN2O3. The van der Waals surface area contributed by atoms with Gasteiger partial charge < -0.3 is 20.5 Å². The quantitative estimate of drug-likeness (QED) is 0.841. The maximum atomic E-state index is 11.6. The lowest BCUT2D eigenvalue weighted by atomic mass is 10.2. The standard InChI is InChI=1S/C13H20N2O3.ClH/c1-9(14)4-7-13(16)15-10-5-6-11(17-2)12(8-10)18-3;/h5-6,8-9H,4,7,14H2,1-3H3,(H,15,16);1H. The molecule has 1 amide bonds. The van der Waals surface area contributed by atoms with Crippen molar-refractivity contribution in [2.75, 3.05) is 19.5 Å². The third-order valence-corrected chi connectivity index (χ3v) is 2.49. The van der Waals surface area contributed by atoms with Gasteiger partial charge in [-0.3, -0.25) is 4.79 Å². The van der Waals surface area contributed by atoms with Gasteiger partial charge in [-0.05, 0) is 25.5 Å². The maximum absolute atomic E-state index is 11.6. The van der Waals surface area contributed by atoms with Gasteiger partial charge in [-0.1, -0.05) is 0 Å². The molecule has 0 radical (unpaired) electrons. The van der Waals surface area contributed by atoms with Crippen LogP contribution in [0.25, 0.3) is 0 Å². The average Bonchev–Trinajstić information content (AvgIpc) is 2.36. The highest BCUT2D eigenvalue weighted by Gasteiger charge is 2.08. The van der Waals surface area contributed by atoms with E-state index in [1.54, 1.807) is 32.4 Å². The minimum absolute atomic E-state index is 0. The van der Waals surface area contributed by atoms with Gasteiger partial charge in [0.1, 0.15) is 0 Å². The molecule has 19 heavy (non-hydrogen) atoms. The van der Waals surface area contributed by atoms with Crippen LogP contribution >= 0.6 is 12.4 Å². The number of nitrogens with one attached hydrogen (secondary N) is 1. The van der Waals surface area contributed by atoms with Crippen molar-refractivity contribution in [3.8, 4) is 11.5 Å². The van der Waals surface area contributed by atoms with Crippen LogP contribution in [0.4, 0.5) is 5.69 Å². The number of amides is 1. The van der Waals surface area contributed by atoms with Crippen LogP contribution in [0, 0.1) is 0 Å². The Morgan fingerprint density at radius 2 is 1.95 bits per heavy atom. The van der Waals surface area contributed by atoms with Gasteiger partial charge in [0.05, 0.1) is 14.2 Å². The number of halogens is 1. The fraction of sp³-hybridized carbons (Fsp3) is 0.462. The van der Waals surface area contributed by atoms with Crippen LogP contribution < -0.4 is 20.5 Å². The van der Waals surface area contributed by atoms with E-state index >= 15 is 0 Å². The minimum Gasteiger partial charge on any atom is -0.493 e. The summed E-state index contributed by atoms with van der Waals surface area (Å²) in [6.45, 7) is 1.88. The zero-order valence-electron chi connectivity index (χ0n) is 11.4. The first-order valence-electron chi connectivity index (χ1n) is 5.84. The monoisotopic (exact) mass is 288 g/mol. The summed E-state index contributed by atoms with van der Waals surface area (Å²) in [6.07, 6.45) is 1.07. The number of carbonyl (C=O) groups excluding carboxylic acids is 1. The Balaban J connectivity index is 0.00000324. The first-order chi connectivity index (χ1) is 8.56. The lowest BCUT2D eigenvalue weighted by molar-refractivity contribution is -0.116. The van der Waals surface area contributed by atoms with E-state index in [0.717, 1.165) is 0 Å². The molecule has 0 fully saturated rings. The molecule has 0 saturated carbocycles. The van der Waals surface area contributed by atoms with E-state index in [1.807, 2.05) is 6.92 Å². The number of ether oxygens (including phenoxy) is 2. The molecular weight excluding hydrogens is 268 g/mol. The van der Waals surface area contributed by atoms with Crippen LogP contribution in [0.2, 0.25) is 0 Å². The Bertz CT molecular complexity index is 411. The van der Waals surface area contributed by atoms with Crippen molar-refractivity contribution < 1.29 is 14.3 Å². The second-order valence-electron chi connectivity index (χ2n) is 4.13. The summed E-state index contributed by atoms with van der Waals surface area (Å²) >= 11 is 0. The molecule has 0 saturated heterocycles. The molecule has 1 aromatic carbocycles. The molecule has 108 valence electrons. The van der Waals surface area contributed by atoms with E-state index in [4.69, 9.17) is 15.2 Å². The molecule has 5 nitrogen and oxygen atoms in total. The van der Waals surface area contributed by atoms with E-state index in [0.29, 0.717) is 30.0 Å². The SMILES string of the molecule is COc1ccc(NC(=O)CCC(C)N)cc1OC.Cl. The van der Waals surface area contributed by atoms with Gasteiger partial charge in [0.2, 0.25) is 5.91 Å². The Morgan fingerprint density at radius 1 is 1.32 bits per heavy atom. The van der Waals surface area contributed by atoms with Crippen LogP contribution in [-0.4, -0.2) is 26.2 Å². The van der Waals surface area contributed by atoms with Gasteiger partial charge in [0.15, 0.2) is 11.5 Å². The molecule has 0 bridgehead atoms. The maximum Gasteiger partial charge on any atom is 0.224 e. The summed E-state index contributed by atoms with van der Waals surface area (Å²) in [4.78, 5) is 11.6. The smallest absolute Gasteiger partial charge is 0.224 e. The predicted molar refractivity (Wildman–Crippen MR) is 78.3 cm³/mol. The Labute approximate surface area is 119 Å². The van der Waals surface area contributed by atoms with Crippen molar-refractivity contribution in [3.05, 3.63) is 18.2 Å². The van der Waals surface area contributed by atoms with Gasteiger partial charge in [-0.25, -0.2) is 0 Å². The number of hydrogen-bond acceptors (Lipinski definition) is 4. The topological polar surface area (TPSA) is 73.6 Å². The largest absolute Gasteiger partial charge is 0.493 e. The molecule has 1 aromatic rings. The number of methoxy groups -OCH3 is 2. The molecule has 1 atom stereocenters. The van der Waals surface area contributed by atoms with Gasteiger partial charge in [0.25, 0.3) is 0 Å². The van der Waals surface area contributed by atoms with Crippen molar-refractivity contribution in [2.24, 2.45) is 5.73 Å². The number of benzene rings is 1. The number of nitrogens with two attached hydrogens (primary N) is 1. The van der Waals surface area contributed by atoms with Crippen molar-refractivity contribution >= 4 is 24.0 Å². The lowest BCUT2D eigenvalue weighted by Gasteiger charge is -2.11. The number of carbonyl (C=O) groups is 1. The lowest BCUT2D eigenvalue weighted by Crippen LogP contribution is -2.19. The van der Waals surface area contributed by atoms with Gasteiger partial charge >= 0.3 is 0 Å². The fourth-order valence-corrected chi connectivity index (χ4v) is 1.50. The number of anilines is 1. The van der Waals surface area contributed by atoms with Crippen molar-refractivity contribution in [3.63, 3.8) is 0 Å². The predicted octanol–water partition coefficient (Wildman–Crippen LogP) is 2.19. The van der Waals surface area contributed by atoms with Crippen LogP contribution in [0.3, 0.4) is 0 Å². The molecule has 0 heterocycles. The summed E-state index contributed by atoms with van der Waals surface area (Å²) in [6, 6.07) is 5.27. The summed E-state index contributed by atoms with van der Waals surface area (Å²) in [5.41, 5.74) is 6.28. The first-order valence-corrected chi connectivity index (χ1v) is 5.84. The molecule has 0 spiro atoms. The number of hydrogen-bond donors (Lipinski definition) is 2. The van der Waals surface area contributed by atoms with Crippen molar-refractivity contribution in [1.82, 2.24) is 0 Å². The van der Waals surface area contributed by atoms with Gasteiger partial charge in [-0.15, -0.1) is 12.4 Å². The molecule has 0 aromatic heterocycles. The zero-order valence-corrected chi connectivity index (χ0v) is 12.3. The number of rotatable bonds is 6. The molecule has 3 N–H and O–H groups in total. The minimum atomic E-state index is -0.0560. The van der Waals surface area contributed by atoms with Crippen LogP contribution in [-0.2, 0) is 4.79 Å². The second kappa shape index (κ2) is 8.61. The normalized spacial score (nSPS) is 11.2. The van der Waals surface area contributed by atoms with E-state index in [9.17, 15) is 4.79 Å². The molecule has 0 aliphatic rings. The first kappa shape index (κ1) is 17.5. The summed E-state index contributed by atoms with van der Waals surface area (Å²) in [5, 5.41) is 2.79. The zero-order chi connectivity index (χ0) is 13.5. The molecule has 0 aliphatic heterocycles. The van der Waals surface area contributed by atoms with E-state index in [2.05, 4.69) is 5.32 Å². The van der Waals surface area contributed by atoms with Gasteiger partial charge in [0, 0.05) is 24.2 Å². The second-order valence-corrected chi connectivity index (χ2v) is 4.13. The van der Waals surface area contributed by atoms with Crippen molar-refractivity contribution in [1.29, 1.82) is 0 Å². The van der Waals surface area contributed by atoms with Crippen LogP contribution in [0.5, 0.6) is 11.5 Å². The highest BCUT2D eigenvalue weighted by molar-refractivity contribution is 5.91. The molecule has 1 rings (SSSR count). The van der Waals surface area contributed by atoms with Gasteiger partial charge in [-0.2, -0.15) is 0 Å². The van der Waals surface area contributed by atoms with Crippen LogP contribution in [0.15, 0.2) is 18.2 Å². The average molecular weight is 289 g/mol. The molecule has 1 unspecified atom stereocenters. The third kappa shape index (κ3) is 5.81. The van der Waals surface area contributed by atoms with Crippen molar-refractivity contribution in [2.45, 2.75) is 25.8 Å². The van der Waals surface area contributed by atoms with Crippen LogP contribution in [0.1, 0.15) is 19.8 Å². The summed E-state index contributed by atoms with van der Waals surface area (Å²) in [7, 11) is 3.12.